The second-order valence-electron chi connectivity index (χ2n) is 3.67. The molecule has 5 nitrogen and oxygen atoms in total. The molecule has 0 radical (unpaired) electrons. The topological polar surface area (TPSA) is 49.2 Å². The average Bonchev–Trinajstić information content (AvgIpc) is 2.74. The monoisotopic (exact) mass is 261 g/mol. The SMILES string of the molecule is CCCOCCc1nnc(CCl)n1CCOC. The second kappa shape index (κ2) is 8.44. The number of hydrogen-bond donors (Lipinski definition) is 0. The zero-order valence-electron chi connectivity index (χ0n) is 10.5. The van der Waals surface area contributed by atoms with Gasteiger partial charge in [0.25, 0.3) is 0 Å². The van der Waals surface area contributed by atoms with E-state index in [9.17, 15) is 0 Å². The summed E-state index contributed by atoms with van der Waals surface area (Å²) in [5.74, 6) is 2.06. The van der Waals surface area contributed by atoms with Crippen LogP contribution < -0.4 is 0 Å². The lowest BCUT2D eigenvalue weighted by atomic mass is 10.4. The third-order valence-electron chi connectivity index (χ3n) is 2.36. The molecule has 1 aromatic rings. The van der Waals surface area contributed by atoms with Crippen LogP contribution in [0.25, 0.3) is 0 Å². The maximum atomic E-state index is 5.81. The molecule has 98 valence electrons. The summed E-state index contributed by atoms with van der Waals surface area (Å²) in [4.78, 5) is 0. The Kier molecular flexibility index (Phi) is 7.16. The van der Waals surface area contributed by atoms with E-state index >= 15 is 0 Å². The highest BCUT2D eigenvalue weighted by atomic mass is 35.5. The summed E-state index contributed by atoms with van der Waals surface area (Å²) in [5.41, 5.74) is 0. The molecule has 0 saturated carbocycles. The molecule has 0 amide bonds. The predicted octanol–water partition coefficient (Wildman–Crippen LogP) is 1.63. The summed E-state index contributed by atoms with van der Waals surface area (Å²) in [7, 11) is 1.68. The number of alkyl halides is 1. The van der Waals surface area contributed by atoms with E-state index in [1.54, 1.807) is 7.11 Å². The highest BCUT2D eigenvalue weighted by Crippen LogP contribution is 2.06. The fourth-order valence-corrected chi connectivity index (χ4v) is 1.70. The van der Waals surface area contributed by atoms with Crippen molar-refractivity contribution in [3.8, 4) is 0 Å². The van der Waals surface area contributed by atoms with Crippen molar-refractivity contribution in [3.63, 3.8) is 0 Å². The largest absolute Gasteiger partial charge is 0.383 e. The van der Waals surface area contributed by atoms with E-state index in [2.05, 4.69) is 17.1 Å². The van der Waals surface area contributed by atoms with E-state index in [-0.39, 0.29) is 0 Å². The Balaban J connectivity index is 2.53. The van der Waals surface area contributed by atoms with Crippen molar-refractivity contribution in [1.82, 2.24) is 14.8 Å². The maximum absolute atomic E-state index is 5.81. The van der Waals surface area contributed by atoms with Crippen LogP contribution >= 0.6 is 11.6 Å². The van der Waals surface area contributed by atoms with Gasteiger partial charge in [-0.25, -0.2) is 0 Å². The summed E-state index contributed by atoms with van der Waals surface area (Å²) in [6.07, 6.45) is 1.79. The summed E-state index contributed by atoms with van der Waals surface area (Å²) in [5, 5.41) is 8.19. The zero-order valence-corrected chi connectivity index (χ0v) is 11.2. The van der Waals surface area contributed by atoms with Gasteiger partial charge < -0.3 is 14.0 Å². The van der Waals surface area contributed by atoms with Gasteiger partial charge in [-0.05, 0) is 6.42 Å². The van der Waals surface area contributed by atoms with Gasteiger partial charge in [0.2, 0.25) is 0 Å². The Labute approximate surface area is 107 Å². The molecular weight excluding hydrogens is 242 g/mol. The Morgan fingerprint density at radius 3 is 2.59 bits per heavy atom. The third-order valence-corrected chi connectivity index (χ3v) is 2.60. The first kappa shape index (κ1) is 14.4. The first-order chi connectivity index (χ1) is 8.33. The lowest BCUT2D eigenvalue weighted by molar-refractivity contribution is 0.135. The Bertz CT molecular complexity index is 318. The van der Waals surface area contributed by atoms with Crippen LogP contribution in [-0.2, 0) is 28.3 Å². The quantitative estimate of drug-likeness (QED) is 0.501. The molecule has 0 saturated heterocycles. The standard InChI is InChI=1S/C11H20ClN3O2/c1-3-6-17-7-4-10-13-14-11(9-12)15(10)5-8-16-2/h3-9H2,1-2H3. The Hall–Kier alpha value is -0.650. The van der Waals surface area contributed by atoms with Crippen LogP contribution in [0, 0.1) is 0 Å². The van der Waals surface area contributed by atoms with Crippen molar-refractivity contribution in [2.75, 3.05) is 26.9 Å². The van der Waals surface area contributed by atoms with Crippen molar-refractivity contribution in [2.24, 2.45) is 0 Å². The molecule has 0 aliphatic heterocycles. The molecule has 0 aromatic carbocycles. The molecule has 0 bridgehead atoms. The molecule has 0 fully saturated rings. The van der Waals surface area contributed by atoms with Gasteiger partial charge in [0.05, 0.1) is 19.1 Å². The van der Waals surface area contributed by atoms with Gasteiger partial charge in [-0.15, -0.1) is 21.8 Å². The van der Waals surface area contributed by atoms with Crippen LogP contribution in [0.5, 0.6) is 0 Å². The summed E-state index contributed by atoms with van der Waals surface area (Å²) >= 11 is 5.81. The molecule has 0 aliphatic rings. The van der Waals surface area contributed by atoms with E-state index in [0.717, 1.165) is 37.6 Å². The molecule has 1 rings (SSSR count). The van der Waals surface area contributed by atoms with E-state index in [0.29, 0.717) is 19.1 Å². The van der Waals surface area contributed by atoms with Gasteiger partial charge in [-0.1, -0.05) is 6.92 Å². The van der Waals surface area contributed by atoms with Crippen LogP contribution in [0.4, 0.5) is 0 Å². The van der Waals surface area contributed by atoms with Crippen molar-refractivity contribution in [1.29, 1.82) is 0 Å². The summed E-state index contributed by atoms with van der Waals surface area (Å²) in [6.45, 7) is 4.90. The first-order valence-electron chi connectivity index (χ1n) is 5.87. The van der Waals surface area contributed by atoms with Crippen LogP contribution in [0.2, 0.25) is 0 Å². The molecule has 0 N–H and O–H groups in total. The highest BCUT2D eigenvalue weighted by molar-refractivity contribution is 6.16. The van der Waals surface area contributed by atoms with Crippen LogP contribution in [0.3, 0.4) is 0 Å². The Morgan fingerprint density at radius 2 is 1.94 bits per heavy atom. The highest BCUT2D eigenvalue weighted by Gasteiger charge is 2.10. The zero-order chi connectivity index (χ0) is 12.5. The lowest BCUT2D eigenvalue weighted by Gasteiger charge is -2.08. The van der Waals surface area contributed by atoms with E-state index in [1.165, 1.54) is 0 Å². The van der Waals surface area contributed by atoms with Crippen molar-refractivity contribution in [2.45, 2.75) is 32.2 Å². The minimum atomic E-state index is 0.368. The van der Waals surface area contributed by atoms with Crippen molar-refractivity contribution >= 4 is 11.6 Å². The van der Waals surface area contributed by atoms with Crippen molar-refractivity contribution < 1.29 is 9.47 Å². The fraction of sp³-hybridized carbons (Fsp3) is 0.818. The number of rotatable bonds is 9. The van der Waals surface area contributed by atoms with Crippen molar-refractivity contribution in [3.05, 3.63) is 11.6 Å². The second-order valence-corrected chi connectivity index (χ2v) is 3.94. The number of nitrogens with zero attached hydrogens (tertiary/aromatic N) is 3. The van der Waals surface area contributed by atoms with Gasteiger partial charge in [0.1, 0.15) is 11.6 Å². The normalized spacial score (nSPS) is 11.0. The molecule has 6 heteroatoms. The van der Waals surface area contributed by atoms with Gasteiger partial charge in [-0.2, -0.15) is 0 Å². The van der Waals surface area contributed by atoms with Gasteiger partial charge >= 0.3 is 0 Å². The molecule has 17 heavy (non-hydrogen) atoms. The Morgan fingerprint density at radius 1 is 1.18 bits per heavy atom. The van der Waals surface area contributed by atoms with Crippen LogP contribution in [-0.4, -0.2) is 41.7 Å². The van der Waals surface area contributed by atoms with Gasteiger partial charge in [0.15, 0.2) is 0 Å². The number of aromatic nitrogens is 3. The maximum Gasteiger partial charge on any atom is 0.148 e. The van der Waals surface area contributed by atoms with E-state index < -0.39 is 0 Å². The summed E-state index contributed by atoms with van der Waals surface area (Å²) < 4.78 is 12.5. The molecule has 0 aliphatic carbocycles. The van der Waals surface area contributed by atoms with E-state index in [1.807, 2.05) is 4.57 Å². The number of methoxy groups -OCH3 is 1. The molecule has 0 unspecified atom stereocenters. The predicted molar refractivity (Wildman–Crippen MR) is 66.3 cm³/mol. The smallest absolute Gasteiger partial charge is 0.148 e. The van der Waals surface area contributed by atoms with Gasteiger partial charge in [-0.3, -0.25) is 0 Å². The average molecular weight is 262 g/mol. The fourth-order valence-electron chi connectivity index (χ4n) is 1.51. The van der Waals surface area contributed by atoms with Crippen LogP contribution in [0.1, 0.15) is 25.0 Å². The lowest BCUT2D eigenvalue weighted by Crippen LogP contribution is -2.13. The molecule has 1 heterocycles. The van der Waals surface area contributed by atoms with Crippen LogP contribution in [0.15, 0.2) is 0 Å². The minimum Gasteiger partial charge on any atom is -0.383 e. The molecule has 0 spiro atoms. The number of hydrogen-bond acceptors (Lipinski definition) is 4. The van der Waals surface area contributed by atoms with Gasteiger partial charge in [0, 0.05) is 26.7 Å². The summed E-state index contributed by atoms with van der Waals surface area (Å²) in [6, 6.07) is 0. The molecule has 1 aromatic heterocycles. The molecule has 0 atom stereocenters. The molecular formula is C11H20ClN3O2. The third kappa shape index (κ3) is 4.61. The van der Waals surface area contributed by atoms with E-state index in [4.69, 9.17) is 21.1 Å². The number of ether oxygens (including phenoxy) is 2. The number of halogens is 1. The minimum absolute atomic E-state index is 0.368. The first-order valence-corrected chi connectivity index (χ1v) is 6.40.